The number of thiocarbonyl (C=S) groups is 1. The Balaban J connectivity index is 2.50. The summed E-state index contributed by atoms with van der Waals surface area (Å²) < 4.78 is 4.41. The molecule has 0 saturated heterocycles. The fourth-order valence-corrected chi connectivity index (χ4v) is 0.956. The molecule has 5 heteroatoms. The van der Waals surface area contributed by atoms with Crippen molar-refractivity contribution < 1.29 is 9.53 Å². The minimum atomic E-state index is -0.923. The number of nitrogens with two attached hydrogens (primary N) is 1. The zero-order valence-electron chi connectivity index (χ0n) is 6.69. The molecule has 0 aliphatic heterocycles. The summed E-state index contributed by atoms with van der Waals surface area (Å²) >= 11 is 4.68. The van der Waals surface area contributed by atoms with Gasteiger partial charge in [-0.25, -0.2) is 4.79 Å². The number of ether oxygens (including phenoxy) is 1. The molecule has 0 heterocycles. The Hall–Kier alpha value is -1.62. The lowest BCUT2D eigenvalue weighted by Crippen LogP contribution is -2.22. The van der Waals surface area contributed by atoms with Crippen LogP contribution in [-0.4, -0.2) is 11.3 Å². The Morgan fingerprint density at radius 1 is 1.38 bits per heavy atom. The lowest BCUT2D eigenvalue weighted by atomic mass is 10.3. The highest BCUT2D eigenvalue weighted by Crippen LogP contribution is 2.05. The number of benzene rings is 1. The van der Waals surface area contributed by atoms with Crippen molar-refractivity contribution in [1.29, 1.82) is 0 Å². The van der Waals surface area contributed by atoms with Gasteiger partial charge >= 0.3 is 6.09 Å². The van der Waals surface area contributed by atoms with E-state index in [4.69, 9.17) is 5.73 Å². The Morgan fingerprint density at radius 2 is 2.00 bits per heavy atom. The molecule has 1 aromatic carbocycles. The first-order valence-corrected chi connectivity index (χ1v) is 3.92. The molecule has 0 saturated carbocycles. The lowest BCUT2D eigenvalue weighted by molar-refractivity contribution is 0.209. The van der Waals surface area contributed by atoms with Crippen molar-refractivity contribution in [3.8, 4) is 0 Å². The van der Waals surface area contributed by atoms with Gasteiger partial charge in [-0.3, -0.25) is 0 Å². The number of hydrogen-bond donors (Lipinski definition) is 2. The molecule has 0 aliphatic rings. The van der Waals surface area contributed by atoms with E-state index in [1.165, 1.54) is 0 Å². The van der Waals surface area contributed by atoms with Crippen molar-refractivity contribution in [3.63, 3.8) is 0 Å². The normalized spacial score (nSPS) is 8.92. The molecule has 1 rings (SSSR count). The smallest absolute Gasteiger partial charge is 0.383 e. The van der Waals surface area contributed by atoms with Crippen LogP contribution in [0.3, 0.4) is 0 Å². The highest BCUT2D eigenvalue weighted by molar-refractivity contribution is 7.80. The van der Waals surface area contributed by atoms with Gasteiger partial charge in [-0.05, 0) is 24.4 Å². The molecule has 1 amide bonds. The maximum absolute atomic E-state index is 10.3. The zero-order valence-corrected chi connectivity index (χ0v) is 7.51. The van der Waals surface area contributed by atoms with Gasteiger partial charge in [-0.2, -0.15) is 0 Å². The number of carbonyl (C=O) groups excluding carboxylic acids is 1. The third kappa shape index (κ3) is 3.53. The second-order valence-electron chi connectivity index (χ2n) is 2.20. The van der Waals surface area contributed by atoms with Crippen molar-refractivity contribution in [3.05, 3.63) is 30.3 Å². The monoisotopic (exact) mass is 196 g/mol. The van der Waals surface area contributed by atoms with Crippen LogP contribution in [0.15, 0.2) is 30.3 Å². The van der Waals surface area contributed by atoms with Gasteiger partial charge in [0.05, 0.1) is 0 Å². The molecule has 4 nitrogen and oxygen atoms in total. The van der Waals surface area contributed by atoms with Gasteiger partial charge in [0.2, 0.25) is 0 Å². The van der Waals surface area contributed by atoms with Crippen molar-refractivity contribution in [2.24, 2.45) is 5.73 Å². The summed E-state index contributed by atoms with van der Waals surface area (Å²) in [6, 6.07) is 9.10. The van der Waals surface area contributed by atoms with E-state index in [0.717, 1.165) is 5.69 Å². The molecular weight excluding hydrogens is 188 g/mol. The highest BCUT2D eigenvalue weighted by atomic mass is 32.1. The van der Waals surface area contributed by atoms with Gasteiger partial charge in [-0.15, -0.1) is 0 Å². The maximum atomic E-state index is 10.3. The molecule has 0 unspecified atom stereocenters. The first-order valence-electron chi connectivity index (χ1n) is 3.52. The minimum Gasteiger partial charge on any atom is -0.383 e. The van der Waals surface area contributed by atoms with Gasteiger partial charge in [0.1, 0.15) is 0 Å². The second kappa shape index (κ2) is 4.42. The number of rotatable bonds is 1. The quantitative estimate of drug-likeness (QED) is 0.668. The van der Waals surface area contributed by atoms with Crippen LogP contribution in [0, 0.1) is 0 Å². The van der Waals surface area contributed by atoms with Gasteiger partial charge in [0, 0.05) is 5.69 Å². The summed E-state index contributed by atoms with van der Waals surface area (Å²) in [6.07, 6.45) is -0.923. The number of para-hydroxylation sites is 1. The average molecular weight is 196 g/mol. The highest BCUT2D eigenvalue weighted by Gasteiger charge is 2.00. The maximum Gasteiger partial charge on any atom is 0.411 e. The van der Waals surface area contributed by atoms with Crippen LogP contribution in [0.2, 0.25) is 0 Å². The van der Waals surface area contributed by atoms with Gasteiger partial charge in [0.15, 0.2) is 0 Å². The molecule has 0 aromatic heterocycles. The topological polar surface area (TPSA) is 64.4 Å². The van der Waals surface area contributed by atoms with Gasteiger partial charge in [-0.1, -0.05) is 18.2 Å². The number of primary amides is 1. The van der Waals surface area contributed by atoms with E-state index in [2.05, 4.69) is 22.3 Å². The molecule has 3 N–H and O–H groups in total. The van der Waals surface area contributed by atoms with Crippen LogP contribution in [0.5, 0.6) is 0 Å². The predicted octanol–water partition coefficient (Wildman–Crippen LogP) is 1.48. The number of carbonyl (C=O) groups is 1. The van der Waals surface area contributed by atoms with Crippen molar-refractivity contribution >= 4 is 29.2 Å². The Bertz CT molecular complexity index is 313. The molecule has 13 heavy (non-hydrogen) atoms. The molecule has 0 aliphatic carbocycles. The van der Waals surface area contributed by atoms with Crippen LogP contribution < -0.4 is 11.1 Å². The molecule has 0 spiro atoms. The summed E-state index contributed by atoms with van der Waals surface area (Å²) in [7, 11) is 0. The van der Waals surface area contributed by atoms with E-state index < -0.39 is 6.09 Å². The van der Waals surface area contributed by atoms with Crippen molar-refractivity contribution in [2.75, 3.05) is 5.32 Å². The lowest BCUT2D eigenvalue weighted by Gasteiger charge is -2.05. The van der Waals surface area contributed by atoms with Gasteiger partial charge < -0.3 is 15.8 Å². The fraction of sp³-hybridized carbons (Fsp3) is 0. The summed E-state index contributed by atoms with van der Waals surface area (Å²) in [5.74, 6) is 0. The van der Waals surface area contributed by atoms with Gasteiger partial charge in [0.25, 0.3) is 5.17 Å². The molecule has 1 aromatic rings. The fourth-order valence-electron chi connectivity index (χ4n) is 0.756. The second-order valence-corrected chi connectivity index (χ2v) is 2.57. The number of hydrogen-bond acceptors (Lipinski definition) is 3. The Morgan fingerprint density at radius 3 is 2.54 bits per heavy atom. The predicted molar refractivity (Wildman–Crippen MR) is 53.3 cm³/mol. The van der Waals surface area contributed by atoms with Crippen LogP contribution in [0.25, 0.3) is 0 Å². The molecule has 0 fully saturated rings. The van der Waals surface area contributed by atoms with E-state index in [0.29, 0.717) is 0 Å². The van der Waals surface area contributed by atoms with Crippen LogP contribution >= 0.6 is 12.2 Å². The average Bonchev–Trinajstić information content (AvgIpc) is 2.04. The number of nitrogens with one attached hydrogen (secondary N) is 1. The molecular formula is C8H8N2O2S. The molecule has 0 radical (unpaired) electrons. The summed E-state index contributed by atoms with van der Waals surface area (Å²) in [5, 5.41) is 2.62. The summed E-state index contributed by atoms with van der Waals surface area (Å²) in [6.45, 7) is 0. The third-order valence-corrected chi connectivity index (χ3v) is 1.40. The van der Waals surface area contributed by atoms with E-state index in [1.54, 1.807) is 12.1 Å². The Labute approximate surface area is 80.7 Å². The minimum absolute atomic E-state index is 0.0568. The van der Waals surface area contributed by atoms with Crippen molar-refractivity contribution in [2.45, 2.75) is 0 Å². The van der Waals surface area contributed by atoms with E-state index >= 15 is 0 Å². The SMILES string of the molecule is NC(=O)OC(=S)Nc1ccccc1. The first-order chi connectivity index (χ1) is 6.18. The number of amides is 1. The third-order valence-electron chi connectivity index (χ3n) is 1.21. The summed E-state index contributed by atoms with van der Waals surface area (Å²) in [4.78, 5) is 10.3. The zero-order chi connectivity index (χ0) is 9.68. The van der Waals surface area contributed by atoms with E-state index in [-0.39, 0.29) is 5.17 Å². The van der Waals surface area contributed by atoms with Crippen LogP contribution in [0.4, 0.5) is 10.5 Å². The van der Waals surface area contributed by atoms with E-state index in [9.17, 15) is 4.79 Å². The van der Waals surface area contributed by atoms with Crippen LogP contribution in [0.1, 0.15) is 0 Å². The summed E-state index contributed by atoms with van der Waals surface area (Å²) in [5.41, 5.74) is 5.50. The largest absolute Gasteiger partial charge is 0.411 e. The molecule has 0 atom stereocenters. The number of anilines is 1. The van der Waals surface area contributed by atoms with Crippen LogP contribution in [-0.2, 0) is 4.74 Å². The molecule has 0 bridgehead atoms. The van der Waals surface area contributed by atoms with E-state index in [1.807, 2.05) is 18.2 Å². The first kappa shape index (κ1) is 9.47. The van der Waals surface area contributed by atoms with Crippen molar-refractivity contribution in [1.82, 2.24) is 0 Å². The standard InChI is InChI=1S/C8H8N2O2S/c9-7(11)12-8(13)10-6-4-2-1-3-5-6/h1-5H,(H2,9,11)(H,10,13). The molecule has 68 valence electrons. The Kier molecular flexibility index (Phi) is 3.22.